The third-order valence-corrected chi connectivity index (χ3v) is 5.33. The average Bonchev–Trinajstić information content (AvgIpc) is 3.42. The van der Waals surface area contributed by atoms with Gasteiger partial charge >= 0.3 is 0 Å². The number of halogens is 1. The topological polar surface area (TPSA) is 154 Å². The molecule has 12 nitrogen and oxygen atoms in total. The van der Waals surface area contributed by atoms with Crippen molar-refractivity contribution in [3.8, 4) is 11.6 Å². The number of nitro benzene ring substituents is 1. The van der Waals surface area contributed by atoms with Crippen LogP contribution in [0.1, 0.15) is 16.1 Å². The van der Waals surface area contributed by atoms with Gasteiger partial charge in [-0.3, -0.25) is 24.7 Å². The van der Waals surface area contributed by atoms with Gasteiger partial charge in [0.15, 0.2) is 5.65 Å². The first-order chi connectivity index (χ1) is 16.8. The van der Waals surface area contributed by atoms with Crippen molar-refractivity contribution in [1.29, 1.82) is 0 Å². The molecule has 2 N–H and O–H groups in total. The predicted molar refractivity (Wildman–Crippen MR) is 127 cm³/mol. The van der Waals surface area contributed by atoms with Crippen LogP contribution in [0.25, 0.3) is 22.7 Å². The first kappa shape index (κ1) is 22.0. The number of non-ortho nitro benzene ring substituents is 1. The molecule has 35 heavy (non-hydrogen) atoms. The lowest BCUT2D eigenvalue weighted by Crippen LogP contribution is -2.19. The van der Waals surface area contributed by atoms with E-state index in [9.17, 15) is 19.7 Å². The number of carbonyl (C=O) groups is 1. The number of aryl methyl sites for hydroxylation is 1. The summed E-state index contributed by atoms with van der Waals surface area (Å²) in [7, 11) is 0. The molecule has 13 heteroatoms. The van der Waals surface area contributed by atoms with E-state index in [2.05, 4.69) is 25.5 Å². The van der Waals surface area contributed by atoms with E-state index in [1.54, 1.807) is 37.3 Å². The minimum Gasteiger partial charge on any atom is -0.306 e. The van der Waals surface area contributed by atoms with Crippen molar-refractivity contribution in [2.75, 3.05) is 5.32 Å². The van der Waals surface area contributed by atoms with Gasteiger partial charge in [-0.15, -0.1) is 0 Å². The Kier molecular flexibility index (Phi) is 5.34. The molecule has 2 aromatic carbocycles. The van der Waals surface area contributed by atoms with Gasteiger partial charge in [0, 0.05) is 28.8 Å². The second-order valence-corrected chi connectivity index (χ2v) is 7.94. The molecule has 0 radical (unpaired) electrons. The smallest absolute Gasteiger partial charge is 0.269 e. The maximum Gasteiger partial charge on any atom is 0.269 e. The van der Waals surface area contributed by atoms with Crippen LogP contribution in [0, 0.1) is 17.0 Å². The van der Waals surface area contributed by atoms with Crippen LogP contribution in [-0.4, -0.2) is 40.4 Å². The van der Waals surface area contributed by atoms with E-state index < -0.39 is 16.4 Å². The summed E-state index contributed by atoms with van der Waals surface area (Å²) >= 11 is 6.10. The summed E-state index contributed by atoms with van der Waals surface area (Å²) in [6.07, 6.45) is 1.40. The van der Waals surface area contributed by atoms with Crippen LogP contribution in [0.2, 0.25) is 5.02 Å². The Balaban J connectivity index is 1.54. The van der Waals surface area contributed by atoms with Crippen LogP contribution in [-0.2, 0) is 0 Å². The lowest BCUT2D eigenvalue weighted by atomic mass is 10.2. The van der Waals surface area contributed by atoms with Gasteiger partial charge in [-0.25, -0.2) is 4.68 Å². The fourth-order valence-electron chi connectivity index (χ4n) is 3.48. The Morgan fingerprint density at radius 1 is 1.14 bits per heavy atom. The van der Waals surface area contributed by atoms with Crippen LogP contribution >= 0.6 is 11.6 Å². The van der Waals surface area contributed by atoms with E-state index in [0.717, 1.165) is 0 Å². The Bertz CT molecular complexity index is 1670. The quantitative estimate of drug-likeness (QED) is 0.282. The number of rotatable bonds is 5. The van der Waals surface area contributed by atoms with E-state index in [-0.39, 0.29) is 34.1 Å². The number of amides is 1. The molecule has 0 aliphatic carbocycles. The molecule has 5 rings (SSSR count). The SMILES string of the molecule is Cc1cc(NC(=O)c2ccc([N+](=O)[O-])cc2)n(-c2nc3c(cnn3-c3cccc(Cl)c3)c(=O)[nH]2)n1. The highest BCUT2D eigenvalue weighted by Gasteiger charge is 2.18. The van der Waals surface area contributed by atoms with Crippen LogP contribution in [0.3, 0.4) is 0 Å². The normalized spacial score (nSPS) is 11.0. The Hall–Kier alpha value is -4.84. The molecule has 3 aromatic heterocycles. The number of anilines is 1. The largest absolute Gasteiger partial charge is 0.306 e. The van der Waals surface area contributed by atoms with Crippen molar-refractivity contribution < 1.29 is 9.72 Å². The number of hydrogen-bond acceptors (Lipinski definition) is 7. The monoisotopic (exact) mass is 490 g/mol. The summed E-state index contributed by atoms with van der Waals surface area (Å²) in [4.78, 5) is 43.0. The zero-order chi connectivity index (χ0) is 24.7. The minimum atomic E-state index is -0.549. The molecule has 3 heterocycles. The first-order valence-corrected chi connectivity index (χ1v) is 10.5. The van der Waals surface area contributed by atoms with Crippen molar-refractivity contribution in [3.05, 3.63) is 97.5 Å². The first-order valence-electron chi connectivity index (χ1n) is 10.2. The molecular formula is C22H15ClN8O4. The lowest BCUT2D eigenvalue weighted by Gasteiger charge is -2.09. The molecule has 1 amide bonds. The summed E-state index contributed by atoms with van der Waals surface area (Å²) in [6, 6.07) is 13.7. The highest BCUT2D eigenvalue weighted by atomic mass is 35.5. The molecule has 0 atom stereocenters. The molecule has 0 bridgehead atoms. The van der Waals surface area contributed by atoms with Crippen LogP contribution < -0.4 is 10.9 Å². The van der Waals surface area contributed by atoms with E-state index in [1.165, 1.54) is 39.8 Å². The van der Waals surface area contributed by atoms with E-state index in [1.807, 2.05) is 0 Å². The van der Waals surface area contributed by atoms with E-state index in [4.69, 9.17) is 11.6 Å². The number of nitro groups is 1. The van der Waals surface area contributed by atoms with Crippen molar-refractivity contribution >= 4 is 40.0 Å². The van der Waals surface area contributed by atoms with Gasteiger partial charge in [0.2, 0.25) is 5.95 Å². The van der Waals surface area contributed by atoms with Crippen LogP contribution in [0.5, 0.6) is 0 Å². The van der Waals surface area contributed by atoms with E-state index >= 15 is 0 Å². The molecule has 0 spiro atoms. The highest BCUT2D eigenvalue weighted by Crippen LogP contribution is 2.21. The summed E-state index contributed by atoms with van der Waals surface area (Å²) < 4.78 is 2.76. The van der Waals surface area contributed by atoms with Gasteiger partial charge in [-0.1, -0.05) is 17.7 Å². The highest BCUT2D eigenvalue weighted by molar-refractivity contribution is 6.30. The van der Waals surface area contributed by atoms with Gasteiger partial charge in [0.25, 0.3) is 17.2 Å². The summed E-state index contributed by atoms with van der Waals surface area (Å²) in [5.74, 6) is -0.228. The number of H-pyrrole nitrogens is 1. The molecule has 0 fully saturated rings. The third-order valence-electron chi connectivity index (χ3n) is 5.09. The number of nitrogens with one attached hydrogen (secondary N) is 2. The summed E-state index contributed by atoms with van der Waals surface area (Å²) in [6.45, 7) is 1.71. The maximum atomic E-state index is 12.8. The number of nitrogens with zero attached hydrogens (tertiary/aromatic N) is 6. The molecule has 0 unspecified atom stereocenters. The minimum absolute atomic E-state index is 0.0541. The zero-order valence-electron chi connectivity index (χ0n) is 18.0. The van der Waals surface area contributed by atoms with Gasteiger partial charge in [0.1, 0.15) is 11.2 Å². The van der Waals surface area contributed by atoms with Crippen molar-refractivity contribution in [2.45, 2.75) is 6.92 Å². The molecule has 0 saturated heterocycles. The Labute approximate surface area is 200 Å². The maximum absolute atomic E-state index is 12.8. The number of fused-ring (bicyclic) bond motifs is 1. The summed E-state index contributed by atoms with van der Waals surface area (Å²) in [5.41, 5.74) is 1.06. The zero-order valence-corrected chi connectivity index (χ0v) is 18.7. The third kappa shape index (κ3) is 4.13. The number of benzene rings is 2. The number of aromatic nitrogens is 6. The Morgan fingerprint density at radius 2 is 1.91 bits per heavy atom. The second kappa shape index (κ2) is 8.50. The molecule has 0 aliphatic heterocycles. The summed E-state index contributed by atoms with van der Waals surface area (Å²) in [5, 5.41) is 22.9. The fraction of sp³-hybridized carbons (Fsp3) is 0.0455. The number of carbonyl (C=O) groups excluding carboxylic acids is 1. The van der Waals surface area contributed by atoms with Gasteiger partial charge in [0.05, 0.1) is 22.5 Å². The number of aromatic amines is 1. The fourth-order valence-corrected chi connectivity index (χ4v) is 3.66. The van der Waals surface area contributed by atoms with Crippen molar-refractivity contribution in [2.24, 2.45) is 0 Å². The molecular weight excluding hydrogens is 476 g/mol. The average molecular weight is 491 g/mol. The standard InChI is InChI=1S/C22H15ClN8O4/c1-12-9-18(25-20(32)13-5-7-15(8-6-13)31(34)35)30(28-12)22-26-19-17(21(33)27-22)11-24-29(19)16-4-2-3-14(23)10-16/h2-11H,1H3,(H,25,32)(H,26,27,33). The van der Waals surface area contributed by atoms with Gasteiger partial charge in [-0.2, -0.15) is 19.9 Å². The molecule has 0 aliphatic rings. The predicted octanol–water partition coefficient (Wildman–Crippen LogP) is 3.42. The van der Waals surface area contributed by atoms with Gasteiger partial charge in [-0.05, 0) is 37.3 Å². The van der Waals surface area contributed by atoms with Crippen molar-refractivity contribution in [3.63, 3.8) is 0 Å². The van der Waals surface area contributed by atoms with Crippen LogP contribution in [0.15, 0.2) is 65.6 Å². The molecule has 0 saturated carbocycles. The van der Waals surface area contributed by atoms with Crippen molar-refractivity contribution in [1.82, 2.24) is 29.5 Å². The van der Waals surface area contributed by atoms with Crippen LogP contribution in [0.4, 0.5) is 11.5 Å². The molecule has 5 aromatic rings. The van der Waals surface area contributed by atoms with Gasteiger partial charge < -0.3 is 5.32 Å². The van der Waals surface area contributed by atoms with E-state index in [0.29, 0.717) is 16.4 Å². The Morgan fingerprint density at radius 3 is 2.63 bits per heavy atom. The number of hydrogen-bond donors (Lipinski definition) is 2. The second-order valence-electron chi connectivity index (χ2n) is 7.50. The molecule has 174 valence electrons. The lowest BCUT2D eigenvalue weighted by molar-refractivity contribution is -0.384.